The van der Waals surface area contributed by atoms with Gasteiger partial charge in [-0.05, 0) is 31.7 Å². The number of carbonyl (C=O) groups is 1. The minimum absolute atomic E-state index is 0.0431. The maximum Gasteiger partial charge on any atom is 0.259 e. The lowest BCUT2D eigenvalue weighted by Gasteiger charge is -2.07. The maximum atomic E-state index is 12.3. The standard InChI is InChI=1S/C13H15ClN4O3S2/c1-3-4-11-17-18-13(22-11)16-12(19)9-7-8(5-6-10(9)14)23(20,21)15-2/h5-7,15H,3-4H2,1-2H3,(H,16,18,19). The number of amides is 1. The van der Waals surface area contributed by atoms with E-state index in [2.05, 4.69) is 20.2 Å². The van der Waals surface area contributed by atoms with E-state index in [-0.39, 0.29) is 15.5 Å². The monoisotopic (exact) mass is 374 g/mol. The van der Waals surface area contributed by atoms with Crippen LogP contribution in [0.4, 0.5) is 5.13 Å². The molecule has 23 heavy (non-hydrogen) atoms. The highest BCUT2D eigenvalue weighted by molar-refractivity contribution is 7.89. The summed E-state index contributed by atoms with van der Waals surface area (Å²) in [5.74, 6) is -0.539. The molecule has 0 atom stereocenters. The number of aryl methyl sites for hydroxylation is 1. The summed E-state index contributed by atoms with van der Waals surface area (Å²) in [6.45, 7) is 2.02. The Kier molecular flexibility index (Phi) is 5.69. The fourth-order valence-electron chi connectivity index (χ4n) is 1.75. The van der Waals surface area contributed by atoms with Crippen LogP contribution in [0, 0.1) is 0 Å². The van der Waals surface area contributed by atoms with Crippen molar-refractivity contribution in [1.29, 1.82) is 0 Å². The van der Waals surface area contributed by atoms with Crippen molar-refractivity contribution in [1.82, 2.24) is 14.9 Å². The molecule has 10 heteroatoms. The minimum atomic E-state index is -3.66. The number of hydrogen-bond donors (Lipinski definition) is 2. The normalized spacial score (nSPS) is 11.4. The van der Waals surface area contributed by atoms with Gasteiger partial charge in [0, 0.05) is 6.42 Å². The van der Waals surface area contributed by atoms with Gasteiger partial charge in [0.2, 0.25) is 15.2 Å². The lowest BCUT2D eigenvalue weighted by Crippen LogP contribution is -2.20. The van der Waals surface area contributed by atoms with Crippen LogP contribution in [-0.4, -0.2) is 31.6 Å². The number of halogens is 1. The number of sulfonamides is 1. The highest BCUT2D eigenvalue weighted by atomic mass is 35.5. The molecule has 7 nitrogen and oxygen atoms in total. The van der Waals surface area contributed by atoms with E-state index in [0.717, 1.165) is 17.8 Å². The Balaban J connectivity index is 2.26. The van der Waals surface area contributed by atoms with Crippen LogP contribution in [0.25, 0.3) is 0 Å². The van der Waals surface area contributed by atoms with Crippen molar-refractivity contribution < 1.29 is 13.2 Å². The first-order valence-electron chi connectivity index (χ1n) is 6.74. The molecule has 2 N–H and O–H groups in total. The van der Waals surface area contributed by atoms with E-state index in [9.17, 15) is 13.2 Å². The van der Waals surface area contributed by atoms with E-state index in [4.69, 9.17) is 11.6 Å². The molecule has 0 spiro atoms. The number of nitrogens with zero attached hydrogens (tertiary/aromatic N) is 2. The fourth-order valence-corrected chi connectivity index (χ4v) is 3.54. The molecule has 0 radical (unpaired) electrons. The zero-order valence-electron chi connectivity index (χ0n) is 12.5. The average molecular weight is 375 g/mol. The van der Waals surface area contributed by atoms with Gasteiger partial charge in [0.25, 0.3) is 5.91 Å². The van der Waals surface area contributed by atoms with E-state index in [1.807, 2.05) is 6.92 Å². The summed E-state index contributed by atoms with van der Waals surface area (Å²) in [5.41, 5.74) is 0.0511. The van der Waals surface area contributed by atoms with Gasteiger partial charge in [0.15, 0.2) is 0 Å². The van der Waals surface area contributed by atoms with Crippen molar-refractivity contribution in [2.24, 2.45) is 0 Å². The zero-order chi connectivity index (χ0) is 17.0. The quantitative estimate of drug-likeness (QED) is 0.807. The molecule has 1 heterocycles. The molecule has 0 saturated heterocycles. The number of nitrogens with one attached hydrogen (secondary N) is 2. The second-order valence-corrected chi connectivity index (χ2v) is 7.91. The molecular weight excluding hydrogens is 360 g/mol. The fraction of sp³-hybridized carbons (Fsp3) is 0.308. The third-order valence-electron chi connectivity index (χ3n) is 2.91. The third kappa shape index (κ3) is 4.25. The Morgan fingerprint density at radius 2 is 2.09 bits per heavy atom. The molecule has 1 amide bonds. The summed E-state index contributed by atoms with van der Waals surface area (Å²) >= 11 is 7.27. The molecule has 0 unspecified atom stereocenters. The van der Waals surface area contributed by atoms with Crippen LogP contribution in [0.3, 0.4) is 0 Å². The van der Waals surface area contributed by atoms with Crippen molar-refractivity contribution in [3.63, 3.8) is 0 Å². The summed E-state index contributed by atoms with van der Waals surface area (Å²) in [4.78, 5) is 12.3. The van der Waals surface area contributed by atoms with Crippen LogP contribution < -0.4 is 10.0 Å². The van der Waals surface area contributed by atoms with Crippen LogP contribution >= 0.6 is 22.9 Å². The minimum Gasteiger partial charge on any atom is -0.296 e. The molecule has 0 bridgehead atoms. The van der Waals surface area contributed by atoms with Crippen LogP contribution in [0.2, 0.25) is 5.02 Å². The van der Waals surface area contributed by atoms with Crippen molar-refractivity contribution in [2.45, 2.75) is 24.7 Å². The predicted octanol–water partition coefficient (Wildman–Crippen LogP) is 2.30. The number of rotatable bonds is 6. The topological polar surface area (TPSA) is 101 Å². The van der Waals surface area contributed by atoms with Gasteiger partial charge in [-0.1, -0.05) is 29.9 Å². The largest absolute Gasteiger partial charge is 0.296 e. The molecule has 0 aliphatic rings. The maximum absolute atomic E-state index is 12.3. The molecule has 0 fully saturated rings. The number of hydrogen-bond acceptors (Lipinski definition) is 6. The van der Waals surface area contributed by atoms with Gasteiger partial charge in [-0.15, -0.1) is 10.2 Å². The number of anilines is 1. The molecule has 2 aromatic rings. The lowest BCUT2D eigenvalue weighted by molar-refractivity contribution is 0.102. The van der Waals surface area contributed by atoms with Crippen LogP contribution in [-0.2, 0) is 16.4 Å². The van der Waals surface area contributed by atoms with E-state index < -0.39 is 15.9 Å². The average Bonchev–Trinajstić information content (AvgIpc) is 2.95. The summed E-state index contributed by atoms with van der Waals surface area (Å²) in [5, 5.41) is 11.7. The van der Waals surface area contributed by atoms with Crippen molar-refractivity contribution in [3.8, 4) is 0 Å². The van der Waals surface area contributed by atoms with Gasteiger partial charge >= 0.3 is 0 Å². The summed E-state index contributed by atoms with van der Waals surface area (Å²) < 4.78 is 25.8. The third-order valence-corrected chi connectivity index (χ3v) is 5.55. The van der Waals surface area contributed by atoms with E-state index >= 15 is 0 Å². The lowest BCUT2D eigenvalue weighted by atomic mass is 10.2. The second-order valence-electron chi connectivity index (χ2n) is 4.55. The molecule has 0 aliphatic carbocycles. The molecule has 1 aromatic heterocycles. The van der Waals surface area contributed by atoms with Gasteiger partial charge < -0.3 is 0 Å². The predicted molar refractivity (Wildman–Crippen MR) is 89.6 cm³/mol. The SMILES string of the molecule is CCCc1nnc(NC(=O)c2cc(S(=O)(=O)NC)ccc2Cl)s1. The molecule has 124 valence electrons. The molecule has 0 saturated carbocycles. The smallest absolute Gasteiger partial charge is 0.259 e. The van der Waals surface area contributed by atoms with Crippen LogP contribution in [0.5, 0.6) is 0 Å². The number of aromatic nitrogens is 2. The highest BCUT2D eigenvalue weighted by Crippen LogP contribution is 2.23. The highest BCUT2D eigenvalue weighted by Gasteiger charge is 2.18. The Hall–Kier alpha value is -1.55. The number of benzene rings is 1. The summed E-state index contributed by atoms with van der Waals surface area (Å²) in [6, 6.07) is 3.91. The first kappa shape index (κ1) is 17.8. The van der Waals surface area contributed by atoms with Gasteiger partial charge in [-0.25, -0.2) is 13.1 Å². The molecule has 1 aromatic carbocycles. The van der Waals surface area contributed by atoms with Crippen LogP contribution in [0.15, 0.2) is 23.1 Å². The molecular formula is C13H15ClN4O3S2. The van der Waals surface area contributed by atoms with Gasteiger partial charge in [0.05, 0.1) is 15.5 Å². The van der Waals surface area contributed by atoms with Crippen molar-refractivity contribution >= 4 is 44.0 Å². The van der Waals surface area contributed by atoms with Crippen molar-refractivity contribution in [2.75, 3.05) is 12.4 Å². The number of carbonyl (C=O) groups excluding carboxylic acids is 1. The summed E-state index contributed by atoms with van der Waals surface area (Å²) in [7, 11) is -2.37. The zero-order valence-corrected chi connectivity index (χ0v) is 14.8. The Bertz CT molecular complexity index is 820. The Morgan fingerprint density at radius 3 is 2.74 bits per heavy atom. The van der Waals surface area contributed by atoms with Crippen molar-refractivity contribution in [3.05, 3.63) is 33.8 Å². The molecule has 2 rings (SSSR count). The Morgan fingerprint density at radius 1 is 1.35 bits per heavy atom. The van der Waals surface area contributed by atoms with Gasteiger partial charge in [-0.3, -0.25) is 10.1 Å². The van der Waals surface area contributed by atoms with E-state index in [1.165, 1.54) is 36.6 Å². The second kappa shape index (κ2) is 7.35. The summed E-state index contributed by atoms with van der Waals surface area (Å²) in [6.07, 6.45) is 1.71. The van der Waals surface area contributed by atoms with E-state index in [1.54, 1.807) is 0 Å². The first-order chi connectivity index (χ1) is 10.9. The molecule has 0 aliphatic heterocycles. The van der Waals surface area contributed by atoms with Gasteiger partial charge in [0.1, 0.15) is 5.01 Å². The Labute approximate surface area is 143 Å². The van der Waals surface area contributed by atoms with Crippen LogP contribution in [0.1, 0.15) is 28.7 Å². The van der Waals surface area contributed by atoms with E-state index in [0.29, 0.717) is 5.13 Å². The first-order valence-corrected chi connectivity index (χ1v) is 9.42. The van der Waals surface area contributed by atoms with Gasteiger partial charge in [-0.2, -0.15) is 0 Å².